The monoisotopic (exact) mass is 436 g/mol. The quantitative estimate of drug-likeness (QED) is 0.613. The van der Waals surface area contributed by atoms with Crippen LogP contribution in [0.4, 0.5) is 11.4 Å². The van der Waals surface area contributed by atoms with E-state index in [0.29, 0.717) is 5.75 Å². The highest BCUT2D eigenvalue weighted by Gasteiger charge is 2.34. The third kappa shape index (κ3) is 4.98. The molecule has 1 heterocycles. The lowest BCUT2D eigenvalue weighted by atomic mass is 9.87. The van der Waals surface area contributed by atoms with Gasteiger partial charge in [0.1, 0.15) is 5.37 Å². The Hall–Kier alpha value is -2.27. The highest BCUT2D eigenvalue weighted by molar-refractivity contribution is 8.00. The standard InChI is InChI=1S/C26H32N2O2S/c1-26(2,3)20-11-15-22(16-12-20)28-23(29)17-31-25(28)19-9-13-21(14-10-19)27-24(30)18-7-5-4-6-8-18/h9-16,18,25H,4-8,17H2,1-3H3,(H,27,30)/t25-/m1/s1. The van der Waals surface area contributed by atoms with Crippen molar-refractivity contribution in [3.05, 3.63) is 59.7 Å². The second kappa shape index (κ2) is 9.07. The van der Waals surface area contributed by atoms with E-state index in [1.165, 1.54) is 12.0 Å². The van der Waals surface area contributed by atoms with Crippen molar-refractivity contribution in [2.24, 2.45) is 5.92 Å². The molecule has 31 heavy (non-hydrogen) atoms. The van der Waals surface area contributed by atoms with E-state index in [-0.39, 0.29) is 28.5 Å². The van der Waals surface area contributed by atoms with E-state index in [1.54, 1.807) is 11.8 Å². The van der Waals surface area contributed by atoms with Gasteiger partial charge < -0.3 is 5.32 Å². The Morgan fingerprint density at radius 3 is 2.23 bits per heavy atom. The van der Waals surface area contributed by atoms with Gasteiger partial charge in [-0.15, -0.1) is 11.8 Å². The third-order valence-electron chi connectivity index (χ3n) is 6.32. The predicted octanol–water partition coefficient (Wildman–Crippen LogP) is 6.28. The maximum absolute atomic E-state index is 12.7. The van der Waals surface area contributed by atoms with Gasteiger partial charge in [0.25, 0.3) is 0 Å². The van der Waals surface area contributed by atoms with Crippen molar-refractivity contribution in [1.82, 2.24) is 0 Å². The SMILES string of the molecule is CC(C)(C)c1ccc(N2C(=O)CS[C@@H]2c2ccc(NC(=O)C3CCCCC3)cc2)cc1. The van der Waals surface area contributed by atoms with E-state index in [9.17, 15) is 9.59 Å². The van der Waals surface area contributed by atoms with E-state index in [2.05, 4.69) is 50.4 Å². The number of nitrogens with one attached hydrogen (secondary N) is 1. The molecule has 1 saturated heterocycles. The van der Waals surface area contributed by atoms with E-state index in [1.807, 2.05) is 29.2 Å². The van der Waals surface area contributed by atoms with Crippen molar-refractivity contribution in [3.63, 3.8) is 0 Å². The summed E-state index contributed by atoms with van der Waals surface area (Å²) in [4.78, 5) is 27.1. The fraction of sp³-hybridized carbons (Fsp3) is 0.462. The number of rotatable bonds is 4. The minimum atomic E-state index is -0.0453. The molecule has 164 valence electrons. The van der Waals surface area contributed by atoms with Crippen LogP contribution in [0.15, 0.2) is 48.5 Å². The van der Waals surface area contributed by atoms with Crippen molar-refractivity contribution in [1.29, 1.82) is 0 Å². The molecule has 1 saturated carbocycles. The van der Waals surface area contributed by atoms with Gasteiger partial charge in [0.05, 0.1) is 5.75 Å². The van der Waals surface area contributed by atoms with Crippen molar-refractivity contribution >= 4 is 35.0 Å². The minimum absolute atomic E-state index is 0.0453. The van der Waals surface area contributed by atoms with Crippen LogP contribution in [0, 0.1) is 5.92 Å². The number of nitrogens with zero attached hydrogens (tertiary/aromatic N) is 1. The molecule has 4 rings (SSSR count). The lowest BCUT2D eigenvalue weighted by molar-refractivity contribution is -0.120. The van der Waals surface area contributed by atoms with Gasteiger partial charge in [-0.3, -0.25) is 14.5 Å². The number of benzene rings is 2. The van der Waals surface area contributed by atoms with Gasteiger partial charge >= 0.3 is 0 Å². The maximum Gasteiger partial charge on any atom is 0.238 e. The molecule has 0 radical (unpaired) electrons. The molecule has 1 aliphatic heterocycles. The number of carbonyl (C=O) groups is 2. The highest BCUT2D eigenvalue weighted by atomic mass is 32.2. The van der Waals surface area contributed by atoms with Crippen LogP contribution in [-0.4, -0.2) is 17.6 Å². The zero-order valence-corrected chi connectivity index (χ0v) is 19.5. The van der Waals surface area contributed by atoms with Crippen LogP contribution >= 0.6 is 11.8 Å². The molecule has 0 aromatic heterocycles. The summed E-state index contributed by atoms with van der Waals surface area (Å²) in [6.45, 7) is 6.57. The molecule has 5 heteroatoms. The molecule has 0 bridgehead atoms. The third-order valence-corrected chi connectivity index (χ3v) is 7.53. The summed E-state index contributed by atoms with van der Waals surface area (Å²) < 4.78 is 0. The van der Waals surface area contributed by atoms with E-state index < -0.39 is 0 Å². The summed E-state index contributed by atoms with van der Waals surface area (Å²) in [5, 5.41) is 3.03. The number of amides is 2. The largest absolute Gasteiger partial charge is 0.326 e. The lowest BCUT2D eigenvalue weighted by Gasteiger charge is -2.26. The number of hydrogen-bond acceptors (Lipinski definition) is 3. The summed E-state index contributed by atoms with van der Waals surface area (Å²) in [5.74, 6) is 0.890. The van der Waals surface area contributed by atoms with Gasteiger partial charge in [0.15, 0.2) is 0 Å². The van der Waals surface area contributed by atoms with Gasteiger partial charge in [0, 0.05) is 17.3 Å². The summed E-state index contributed by atoms with van der Waals surface area (Å²) in [5.41, 5.74) is 4.17. The predicted molar refractivity (Wildman–Crippen MR) is 129 cm³/mol. The zero-order valence-electron chi connectivity index (χ0n) is 18.7. The highest BCUT2D eigenvalue weighted by Crippen LogP contribution is 2.42. The molecule has 2 fully saturated rings. The van der Waals surface area contributed by atoms with Crippen molar-refractivity contribution in [2.45, 2.75) is 63.7 Å². The van der Waals surface area contributed by atoms with Gasteiger partial charge in [-0.1, -0.05) is 64.3 Å². The first-order valence-electron chi connectivity index (χ1n) is 11.3. The molecule has 2 aromatic carbocycles. The van der Waals surface area contributed by atoms with Crippen LogP contribution in [0.25, 0.3) is 0 Å². The Kier molecular flexibility index (Phi) is 6.42. The van der Waals surface area contributed by atoms with Crippen LogP contribution < -0.4 is 10.2 Å². The lowest BCUT2D eigenvalue weighted by Crippen LogP contribution is -2.28. The van der Waals surface area contributed by atoms with Gasteiger partial charge in [0.2, 0.25) is 11.8 Å². The first kappa shape index (κ1) is 21.9. The van der Waals surface area contributed by atoms with Gasteiger partial charge in [-0.2, -0.15) is 0 Å². The molecule has 2 aliphatic rings. The van der Waals surface area contributed by atoms with Crippen molar-refractivity contribution in [2.75, 3.05) is 16.0 Å². The number of carbonyl (C=O) groups excluding carboxylic acids is 2. The molecule has 1 atom stereocenters. The normalized spacial score (nSPS) is 20.2. The molecular weight excluding hydrogens is 404 g/mol. The zero-order chi connectivity index (χ0) is 22.0. The molecule has 1 aliphatic carbocycles. The molecule has 4 nitrogen and oxygen atoms in total. The molecule has 1 N–H and O–H groups in total. The van der Waals surface area contributed by atoms with E-state index in [0.717, 1.165) is 42.6 Å². The first-order chi connectivity index (χ1) is 14.8. The molecule has 2 aromatic rings. The molecular formula is C26H32N2O2S. The van der Waals surface area contributed by atoms with E-state index in [4.69, 9.17) is 0 Å². The second-order valence-corrected chi connectivity index (χ2v) is 10.7. The number of hydrogen-bond donors (Lipinski definition) is 1. The van der Waals surface area contributed by atoms with Crippen molar-refractivity contribution in [3.8, 4) is 0 Å². The smallest absolute Gasteiger partial charge is 0.238 e. The summed E-state index contributed by atoms with van der Waals surface area (Å²) in [6, 6.07) is 16.3. The Labute approximate surface area is 189 Å². The average molecular weight is 437 g/mol. The molecule has 0 spiro atoms. The van der Waals surface area contributed by atoms with Crippen LogP contribution in [0.5, 0.6) is 0 Å². The second-order valence-electron chi connectivity index (χ2n) is 9.67. The van der Waals surface area contributed by atoms with Crippen LogP contribution in [-0.2, 0) is 15.0 Å². The van der Waals surface area contributed by atoms with Crippen LogP contribution in [0.3, 0.4) is 0 Å². The Bertz CT molecular complexity index is 925. The Morgan fingerprint density at radius 1 is 0.968 bits per heavy atom. The van der Waals surface area contributed by atoms with Crippen LogP contribution in [0.1, 0.15) is 69.4 Å². The van der Waals surface area contributed by atoms with Crippen LogP contribution in [0.2, 0.25) is 0 Å². The molecule has 0 unspecified atom stereocenters. The fourth-order valence-electron chi connectivity index (χ4n) is 4.41. The molecule has 2 amide bonds. The van der Waals surface area contributed by atoms with E-state index >= 15 is 0 Å². The number of thioether (sulfide) groups is 1. The number of anilines is 2. The summed E-state index contributed by atoms with van der Waals surface area (Å²) in [6.07, 6.45) is 5.53. The van der Waals surface area contributed by atoms with Crippen molar-refractivity contribution < 1.29 is 9.59 Å². The van der Waals surface area contributed by atoms with Gasteiger partial charge in [-0.25, -0.2) is 0 Å². The average Bonchev–Trinajstić information content (AvgIpc) is 3.15. The maximum atomic E-state index is 12.7. The Morgan fingerprint density at radius 2 is 1.61 bits per heavy atom. The Balaban J connectivity index is 1.47. The summed E-state index contributed by atoms with van der Waals surface area (Å²) in [7, 11) is 0. The minimum Gasteiger partial charge on any atom is -0.326 e. The summed E-state index contributed by atoms with van der Waals surface area (Å²) >= 11 is 1.65. The van der Waals surface area contributed by atoms with Gasteiger partial charge in [-0.05, 0) is 53.6 Å². The first-order valence-corrected chi connectivity index (χ1v) is 12.3. The topological polar surface area (TPSA) is 49.4 Å². The fourth-order valence-corrected chi connectivity index (χ4v) is 5.59.